The molecular weight excluding hydrogens is 454 g/mol. The van der Waals surface area contributed by atoms with Crippen LogP contribution in [0.15, 0.2) is 23.1 Å². The number of aromatic nitrogens is 2. The summed E-state index contributed by atoms with van der Waals surface area (Å²) in [6.07, 6.45) is 8.23. The van der Waals surface area contributed by atoms with Gasteiger partial charge in [0.15, 0.2) is 0 Å². The highest BCUT2D eigenvalue weighted by Gasteiger charge is 2.26. The number of carbonyl (C=O) groups excluding carboxylic acids is 2. The SMILES string of the molecule is Cn1c(CCC(=O)NCCC(=O)NC2CCCC2)nc2cc(S(=O)(=O)N3CCCCC3)ccc21. The Bertz CT molecular complexity index is 1130. The highest BCUT2D eigenvalue weighted by atomic mass is 32.2. The number of nitrogens with zero attached hydrogens (tertiary/aromatic N) is 3. The van der Waals surface area contributed by atoms with E-state index in [4.69, 9.17) is 0 Å². The van der Waals surface area contributed by atoms with Gasteiger partial charge in [0.1, 0.15) is 5.82 Å². The van der Waals surface area contributed by atoms with E-state index in [1.807, 2.05) is 11.6 Å². The Morgan fingerprint density at radius 3 is 2.50 bits per heavy atom. The molecule has 2 N–H and O–H groups in total. The summed E-state index contributed by atoms with van der Waals surface area (Å²) < 4.78 is 29.4. The Labute approximate surface area is 201 Å². The zero-order valence-electron chi connectivity index (χ0n) is 19.9. The fourth-order valence-corrected chi connectivity index (χ4v) is 6.40. The molecule has 186 valence electrons. The number of aryl methyl sites for hydroxylation is 2. The highest BCUT2D eigenvalue weighted by molar-refractivity contribution is 7.89. The Kier molecular flexibility index (Phi) is 7.88. The van der Waals surface area contributed by atoms with Gasteiger partial charge < -0.3 is 15.2 Å². The molecule has 0 spiro atoms. The van der Waals surface area contributed by atoms with Gasteiger partial charge in [0.05, 0.1) is 15.9 Å². The highest BCUT2D eigenvalue weighted by Crippen LogP contribution is 2.25. The third kappa shape index (κ3) is 5.78. The molecule has 0 unspecified atom stereocenters. The second kappa shape index (κ2) is 10.9. The summed E-state index contributed by atoms with van der Waals surface area (Å²) in [5.41, 5.74) is 1.44. The van der Waals surface area contributed by atoms with Crippen molar-refractivity contribution < 1.29 is 18.0 Å². The maximum Gasteiger partial charge on any atom is 0.243 e. The third-order valence-electron chi connectivity index (χ3n) is 6.87. The maximum atomic E-state index is 13.0. The minimum absolute atomic E-state index is 0.0159. The molecular formula is C24H35N5O4S. The van der Waals surface area contributed by atoms with Crippen molar-refractivity contribution in [2.75, 3.05) is 19.6 Å². The maximum absolute atomic E-state index is 13.0. The van der Waals surface area contributed by atoms with Gasteiger partial charge in [-0.15, -0.1) is 0 Å². The predicted molar refractivity (Wildman–Crippen MR) is 130 cm³/mol. The third-order valence-corrected chi connectivity index (χ3v) is 8.76. The van der Waals surface area contributed by atoms with E-state index in [-0.39, 0.29) is 35.6 Å². The van der Waals surface area contributed by atoms with Crippen molar-refractivity contribution in [3.8, 4) is 0 Å². The Hall–Kier alpha value is -2.46. The van der Waals surface area contributed by atoms with E-state index in [0.717, 1.165) is 43.4 Å². The lowest BCUT2D eigenvalue weighted by Crippen LogP contribution is -2.35. The molecule has 1 aliphatic heterocycles. The zero-order valence-corrected chi connectivity index (χ0v) is 20.7. The van der Waals surface area contributed by atoms with Crippen molar-refractivity contribution in [2.24, 2.45) is 7.05 Å². The molecule has 1 saturated heterocycles. The van der Waals surface area contributed by atoms with Gasteiger partial charge in [-0.3, -0.25) is 9.59 Å². The molecule has 0 atom stereocenters. The minimum Gasteiger partial charge on any atom is -0.356 e. The van der Waals surface area contributed by atoms with E-state index in [0.29, 0.717) is 31.6 Å². The lowest BCUT2D eigenvalue weighted by Gasteiger charge is -2.25. The Morgan fingerprint density at radius 1 is 1.03 bits per heavy atom. The van der Waals surface area contributed by atoms with Crippen molar-refractivity contribution >= 4 is 32.9 Å². The average Bonchev–Trinajstić information content (AvgIpc) is 3.45. The molecule has 0 bridgehead atoms. The lowest BCUT2D eigenvalue weighted by molar-refractivity contribution is -0.122. The number of carbonyl (C=O) groups is 2. The largest absolute Gasteiger partial charge is 0.356 e. The number of hydrogen-bond acceptors (Lipinski definition) is 5. The van der Waals surface area contributed by atoms with Crippen LogP contribution in [0.25, 0.3) is 11.0 Å². The first-order chi connectivity index (χ1) is 16.3. The fraction of sp³-hybridized carbons (Fsp3) is 0.625. The molecule has 1 aromatic carbocycles. The summed E-state index contributed by atoms with van der Waals surface area (Å²) in [5, 5.41) is 5.82. The van der Waals surface area contributed by atoms with E-state index < -0.39 is 10.0 Å². The van der Waals surface area contributed by atoms with Gasteiger partial charge in [0.25, 0.3) is 0 Å². The van der Waals surface area contributed by atoms with Crippen LogP contribution in [0.1, 0.15) is 63.6 Å². The van der Waals surface area contributed by atoms with Crippen LogP contribution in [0.5, 0.6) is 0 Å². The number of amides is 2. The monoisotopic (exact) mass is 489 g/mol. The lowest BCUT2D eigenvalue weighted by atomic mass is 10.2. The summed E-state index contributed by atoms with van der Waals surface area (Å²) in [5.74, 6) is 0.573. The second-order valence-electron chi connectivity index (χ2n) is 9.35. The van der Waals surface area contributed by atoms with Crippen LogP contribution in [0.4, 0.5) is 0 Å². The molecule has 2 fully saturated rings. The number of fused-ring (bicyclic) bond motifs is 1. The van der Waals surface area contributed by atoms with Gasteiger partial charge in [-0.05, 0) is 43.9 Å². The molecule has 4 rings (SSSR count). The number of rotatable bonds is 9. The summed E-state index contributed by atoms with van der Waals surface area (Å²) in [4.78, 5) is 29.1. The minimum atomic E-state index is -3.52. The topological polar surface area (TPSA) is 113 Å². The van der Waals surface area contributed by atoms with Crippen LogP contribution < -0.4 is 10.6 Å². The summed E-state index contributed by atoms with van der Waals surface area (Å²) in [6.45, 7) is 1.44. The van der Waals surface area contributed by atoms with Crippen LogP contribution in [0.2, 0.25) is 0 Å². The van der Waals surface area contributed by atoms with Crippen LogP contribution >= 0.6 is 0 Å². The Balaban J connectivity index is 1.31. The van der Waals surface area contributed by atoms with Crippen LogP contribution in [0, 0.1) is 0 Å². The predicted octanol–water partition coefficient (Wildman–Crippen LogP) is 2.25. The molecule has 1 saturated carbocycles. The summed E-state index contributed by atoms with van der Waals surface area (Å²) in [7, 11) is -1.65. The first-order valence-corrected chi connectivity index (χ1v) is 13.8. The van der Waals surface area contributed by atoms with Gasteiger partial charge in [-0.2, -0.15) is 4.31 Å². The standard InChI is InChI=1S/C24H35N5O4S/c1-28-21-10-9-19(34(32,33)29-15-5-2-6-16-29)17-20(21)27-22(28)11-12-23(30)25-14-13-24(31)26-18-7-3-4-8-18/h9-10,17-18H,2-8,11-16H2,1H3,(H,25,30)(H,26,31). The van der Waals surface area contributed by atoms with Crippen molar-refractivity contribution in [1.29, 1.82) is 0 Å². The van der Waals surface area contributed by atoms with Crippen LogP contribution in [-0.4, -0.2) is 59.8 Å². The molecule has 2 amide bonds. The number of benzene rings is 1. The smallest absolute Gasteiger partial charge is 0.243 e. The van der Waals surface area contributed by atoms with Crippen molar-refractivity contribution in [3.05, 3.63) is 24.0 Å². The molecule has 1 aliphatic carbocycles. The normalized spacial score (nSPS) is 17.8. The molecule has 10 heteroatoms. The first kappa shape index (κ1) is 24.7. The Morgan fingerprint density at radius 2 is 1.76 bits per heavy atom. The number of nitrogens with one attached hydrogen (secondary N) is 2. The van der Waals surface area contributed by atoms with Gasteiger partial charge in [0.2, 0.25) is 21.8 Å². The second-order valence-corrected chi connectivity index (χ2v) is 11.3. The van der Waals surface area contributed by atoms with Crippen molar-refractivity contribution in [3.63, 3.8) is 0 Å². The van der Waals surface area contributed by atoms with Crippen molar-refractivity contribution in [1.82, 2.24) is 24.5 Å². The molecule has 1 aromatic heterocycles. The number of imidazole rings is 1. The average molecular weight is 490 g/mol. The van der Waals surface area contributed by atoms with Crippen molar-refractivity contribution in [2.45, 2.75) is 75.1 Å². The molecule has 2 aliphatic rings. The van der Waals surface area contributed by atoms with Gasteiger partial charge >= 0.3 is 0 Å². The van der Waals surface area contributed by atoms with E-state index in [9.17, 15) is 18.0 Å². The van der Waals surface area contributed by atoms with Crippen LogP contribution in [-0.2, 0) is 33.1 Å². The molecule has 2 aromatic rings. The molecule has 0 radical (unpaired) electrons. The zero-order chi connectivity index (χ0) is 24.1. The molecule has 9 nitrogen and oxygen atoms in total. The van der Waals surface area contributed by atoms with Gasteiger partial charge in [-0.25, -0.2) is 13.4 Å². The molecule has 2 heterocycles. The fourth-order valence-electron chi connectivity index (χ4n) is 4.87. The summed E-state index contributed by atoms with van der Waals surface area (Å²) in [6, 6.07) is 5.34. The first-order valence-electron chi connectivity index (χ1n) is 12.4. The number of piperidine rings is 1. The van der Waals surface area contributed by atoms with E-state index in [1.165, 1.54) is 12.8 Å². The quantitative estimate of drug-likeness (QED) is 0.561. The van der Waals surface area contributed by atoms with Gasteiger partial charge in [-0.1, -0.05) is 19.3 Å². The van der Waals surface area contributed by atoms with E-state index >= 15 is 0 Å². The van der Waals surface area contributed by atoms with E-state index in [1.54, 1.807) is 22.5 Å². The van der Waals surface area contributed by atoms with Gasteiger partial charge in [0, 0.05) is 52.0 Å². The van der Waals surface area contributed by atoms with E-state index in [2.05, 4.69) is 15.6 Å². The number of hydrogen-bond donors (Lipinski definition) is 2. The van der Waals surface area contributed by atoms with Crippen LogP contribution in [0.3, 0.4) is 0 Å². The summed E-state index contributed by atoms with van der Waals surface area (Å²) >= 11 is 0. The number of sulfonamides is 1. The molecule has 34 heavy (non-hydrogen) atoms.